The van der Waals surface area contributed by atoms with Crippen molar-refractivity contribution in [3.63, 3.8) is 0 Å². The van der Waals surface area contributed by atoms with Gasteiger partial charge in [0.15, 0.2) is 15.4 Å². The van der Waals surface area contributed by atoms with Crippen molar-refractivity contribution in [2.75, 3.05) is 35.2 Å². The first-order valence-electron chi connectivity index (χ1n) is 5.82. The highest BCUT2D eigenvalue weighted by atomic mass is 32.2. The molecular weight excluding hydrogens is 270 g/mol. The lowest BCUT2D eigenvalue weighted by Gasteiger charge is -2.29. The van der Waals surface area contributed by atoms with Crippen molar-refractivity contribution in [1.29, 1.82) is 0 Å². The van der Waals surface area contributed by atoms with Crippen LogP contribution >= 0.6 is 0 Å². The predicted octanol–water partition coefficient (Wildman–Crippen LogP) is -0.0619. The van der Waals surface area contributed by atoms with Gasteiger partial charge in [0.2, 0.25) is 0 Å². The van der Waals surface area contributed by atoms with E-state index >= 15 is 0 Å². The highest BCUT2D eigenvalue weighted by molar-refractivity contribution is 7.91. The van der Waals surface area contributed by atoms with Crippen LogP contribution in [-0.4, -0.2) is 38.0 Å². The number of nitrogen functional groups attached to an aromatic ring is 1. The van der Waals surface area contributed by atoms with Gasteiger partial charge in [0, 0.05) is 19.2 Å². The number of fused-ring (bicyclic) bond motifs is 1. The van der Waals surface area contributed by atoms with Gasteiger partial charge in [-0.3, -0.25) is 4.98 Å². The largest absolute Gasteiger partial charge is 0.417 e. The van der Waals surface area contributed by atoms with E-state index < -0.39 is 15.6 Å². The lowest BCUT2D eigenvalue weighted by Crippen LogP contribution is -2.40. The summed E-state index contributed by atoms with van der Waals surface area (Å²) < 4.78 is 27.7. The van der Waals surface area contributed by atoms with Gasteiger partial charge >= 0.3 is 5.76 Å². The Morgan fingerprint density at radius 3 is 2.63 bits per heavy atom. The van der Waals surface area contributed by atoms with Gasteiger partial charge in [-0.1, -0.05) is 0 Å². The molecule has 1 fully saturated rings. The smallest absolute Gasteiger partial charge is 0.408 e. The van der Waals surface area contributed by atoms with Crippen LogP contribution in [0, 0.1) is 0 Å². The maximum Gasteiger partial charge on any atom is 0.417 e. The Bertz CT molecular complexity index is 776. The summed E-state index contributed by atoms with van der Waals surface area (Å²) in [5.74, 6) is -0.300. The number of benzene rings is 1. The molecule has 2 heterocycles. The normalized spacial score (nSPS) is 18.8. The Labute approximate surface area is 108 Å². The van der Waals surface area contributed by atoms with E-state index in [1.165, 1.54) is 0 Å². The van der Waals surface area contributed by atoms with E-state index in [2.05, 4.69) is 4.98 Å². The van der Waals surface area contributed by atoms with Crippen molar-refractivity contribution in [2.45, 2.75) is 0 Å². The predicted molar refractivity (Wildman–Crippen MR) is 72.1 cm³/mol. The molecule has 0 unspecified atom stereocenters. The van der Waals surface area contributed by atoms with Gasteiger partial charge in [-0.25, -0.2) is 13.2 Å². The van der Waals surface area contributed by atoms with E-state index in [0.29, 0.717) is 29.9 Å². The van der Waals surface area contributed by atoms with Gasteiger partial charge in [0.25, 0.3) is 0 Å². The summed E-state index contributed by atoms with van der Waals surface area (Å²) in [6.07, 6.45) is 0. The Morgan fingerprint density at radius 2 is 1.95 bits per heavy atom. The maximum atomic E-state index is 11.4. The zero-order valence-electron chi connectivity index (χ0n) is 10.0. The topological polar surface area (TPSA) is 109 Å². The Balaban J connectivity index is 2.00. The minimum Gasteiger partial charge on any atom is -0.408 e. The number of nitrogens with two attached hydrogens (primary N) is 1. The number of rotatable bonds is 1. The first-order chi connectivity index (χ1) is 8.94. The van der Waals surface area contributed by atoms with E-state index in [9.17, 15) is 13.2 Å². The van der Waals surface area contributed by atoms with Crippen molar-refractivity contribution in [2.24, 2.45) is 0 Å². The minimum atomic E-state index is -2.93. The number of aromatic amines is 1. The summed E-state index contributed by atoms with van der Waals surface area (Å²) in [5, 5.41) is 0. The number of anilines is 2. The number of nitrogens with zero attached hydrogens (tertiary/aromatic N) is 1. The number of aromatic nitrogens is 1. The van der Waals surface area contributed by atoms with Crippen molar-refractivity contribution in [3.05, 3.63) is 22.7 Å². The Kier molecular flexibility index (Phi) is 2.56. The monoisotopic (exact) mass is 283 g/mol. The molecule has 0 spiro atoms. The van der Waals surface area contributed by atoms with Gasteiger partial charge in [-0.2, -0.15) is 0 Å². The van der Waals surface area contributed by atoms with E-state index in [-0.39, 0.29) is 11.5 Å². The van der Waals surface area contributed by atoms with Gasteiger partial charge in [-0.05, 0) is 6.07 Å². The zero-order chi connectivity index (χ0) is 13.6. The van der Waals surface area contributed by atoms with Gasteiger partial charge in [-0.15, -0.1) is 0 Å². The molecule has 8 heteroatoms. The molecule has 0 bridgehead atoms. The van der Waals surface area contributed by atoms with Crippen LogP contribution in [0.1, 0.15) is 0 Å². The van der Waals surface area contributed by atoms with E-state index in [4.69, 9.17) is 10.2 Å². The van der Waals surface area contributed by atoms with E-state index in [1.54, 1.807) is 12.1 Å². The van der Waals surface area contributed by atoms with Crippen molar-refractivity contribution >= 4 is 32.3 Å². The van der Waals surface area contributed by atoms with Gasteiger partial charge in [0.05, 0.1) is 28.4 Å². The van der Waals surface area contributed by atoms with Crippen molar-refractivity contribution < 1.29 is 12.8 Å². The lowest BCUT2D eigenvalue weighted by molar-refractivity contribution is 0.555. The molecule has 1 aliphatic rings. The number of hydrogen-bond acceptors (Lipinski definition) is 6. The first-order valence-corrected chi connectivity index (χ1v) is 7.64. The van der Waals surface area contributed by atoms with Crippen LogP contribution < -0.4 is 16.4 Å². The molecule has 0 saturated carbocycles. The second-order valence-electron chi connectivity index (χ2n) is 4.56. The second kappa shape index (κ2) is 4.02. The summed E-state index contributed by atoms with van der Waals surface area (Å²) in [7, 11) is -2.93. The third-order valence-electron chi connectivity index (χ3n) is 3.25. The average molecular weight is 283 g/mol. The van der Waals surface area contributed by atoms with Crippen LogP contribution in [0.3, 0.4) is 0 Å². The number of sulfone groups is 1. The number of hydrogen-bond donors (Lipinski definition) is 2. The van der Waals surface area contributed by atoms with Crippen LogP contribution in [-0.2, 0) is 9.84 Å². The van der Waals surface area contributed by atoms with Crippen LogP contribution in [0.2, 0.25) is 0 Å². The van der Waals surface area contributed by atoms with Gasteiger partial charge in [0.1, 0.15) is 0 Å². The molecule has 1 aliphatic heterocycles. The zero-order valence-corrected chi connectivity index (χ0v) is 10.9. The minimum absolute atomic E-state index is 0.117. The molecule has 0 amide bonds. The van der Waals surface area contributed by atoms with Crippen molar-refractivity contribution in [1.82, 2.24) is 4.98 Å². The van der Waals surface area contributed by atoms with Crippen LogP contribution in [0.15, 0.2) is 21.3 Å². The highest BCUT2D eigenvalue weighted by Gasteiger charge is 2.23. The highest BCUT2D eigenvalue weighted by Crippen LogP contribution is 2.28. The summed E-state index contributed by atoms with van der Waals surface area (Å²) in [4.78, 5) is 15.6. The van der Waals surface area contributed by atoms with Crippen LogP contribution in [0.4, 0.5) is 11.4 Å². The molecule has 0 aliphatic carbocycles. The fourth-order valence-electron chi connectivity index (χ4n) is 2.23. The standard InChI is InChI=1S/C11H13N3O4S/c12-7-5-10-8(13-11(15)18-10)6-9(7)14-1-3-19(16,17)4-2-14/h5-6H,1-4,12H2,(H,13,15). The number of nitrogens with one attached hydrogen (secondary N) is 1. The molecule has 0 radical (unpaired) electrons. The first kappa shape index (κ1) is 12.1. The maximum absolute atomic E-state index is 11.4. The number of H-pyrrole nitrogens is 1. The molecule has 7 nitrogen and oxygen atoms in total. The quantitative estimate of drug-likeness (QED) is 0.709. The molecule has 1 aromatic carbocycles. The molecule has 2 aromatic rings. The van der Waals surface area contributed by atoms with Crippen LogP contribution in [0.5, 0.6) is 0 Å². The summed E-state index contributed by atoms with van der Waals surface area (Å²) in [6.45, 7) is 0.806. The Morgan fingerprint density at radius 1 is 1.26 bits per heavy atom. The molecule has 0 atom stereocenters. The molecule has 1 saturated heterocycles. The summed E-state index contributed by atoms with van der Waals surface area (Å²) in [5.41, 5.74) is 8.07. The summed E-state index contributed by atoms with van der Waals surface area (Å²) in [6, 6.07) is 3.29. The fourth-order valence-corrected chi connectivity index (χ4v) is 3.43. The SMILES string of the molecule is Nc1cc2oc(=O)[nH]c2cc1N1CCS(=O)(=O)CC1. The third kappa shape index (κ3) is 2.19. The number of oxazole rings is 1. The third-order valence-corrected chi connectivity index (χ3v) is 4.86. The molecule has 3 N–H and O–H groups in total. The average Bonchev–Trinajstić information content (AvgIpc) is 2.67. The van der Waals surface area contributed by atoms with E-state index in [1.807, 2.05) is 4.90 Å². The van der Waals surface area contributed by atoms with Crippen molar-refractivity contribution in [3.8, 4) is 0 Å². The molecule has 102 valence electrons. The lowest BCUT2D eigenvalue weighted by atomic mass is 10.2. The van der Waals surface area contributed by atoms with E-state index in [0.717, 1.165) is 5.69 Å². The molecular formula is C11H13N3O4S. The van der Waals surface area contributed by atoms with Gasteiger partial charge < -0.3 is 15.1 Å². The molecule has 1 aromatic heterocycles. The summed E-state index contributed by atoms with van der Waals surface area (Å²) >= 11 is 0. The second-order valence-corrected chi connectivity index (χ2v) is 6.86. The molecule has 19 heavy (non-hydrogen) atoms. The molecule has 3 rings (SSSR count). The van der Waals surface area contributed by atoms with Crippen LogP contribution in [0.25, 0.3) is 11.1 Å². The Hall–Kier alpha value is -1.96. The fraction of sp³-hybridized carbons (Fsp3) is 0.364.